The Labute approximate surface area is 107 Å². The SMILES string of the molecule is NS(=O)(=O)c1cc(I)c(C(F)F)c(Br)n1. The van der Waals surface area contributed by atoms with Crippen molar-refractivity contribution in [2.75, 3.05) is 0 Å². The highest BCUT2D eigenvalue weighted by Gasteiger charge is 2.21. The molecular formula is C6H4BrF2IN2O2S. The van der Waals surface area contributed by atoms with Gasteiger partial charge in [0.1, 0.15) is 4.60 Å². The van der Waals surface area contributed by atoms with Gasteiger partial charge in [0.25, 0.3) is 16.4 Å². The van der Waals surface area contributed by atoms with Gasteiger partial charge in [-0.2, -0.15) is 0 Å². The van der Waals surface area contributed by atoms with E-state index in [1.165, 1.54) is 0 Å². The van der Waals surface area contributed by atoms with Crippen molar-refractivity contribution >= 4 is 48.5 Å². The molecule has 0 saturated carbocycles. The van der Waals surface area contributed by atoms with Gasteiger partial charge >= 0.3 is 0 Å². The summed E-state index contributed by atoms with van der Waals surface area (Å²) in [5, 5.41) is 4.38. The first kappa shape index (κ1) is 13.2. The zero-order chi connectivity index (χ0) is 11.8. The van der Waals surface area contributed by atoms with E-state index in [1.54, 1.807) is 22.6 Å². The molecule has 9 heteroatoms. The van der Waals surface area contributed by atoms with Crippen LogP contribution in [-0.4, -0.2) is 13.4 Å². The number of aromatic nitrogens is 1. The van der Waals surface area contributed by atoms with E-state index in [2.05, 4.69) is 20.9 Å². The van der Waals surface area contributed by atoms with Crippen LogP contribution in [0.3, 0.4) is 0 Å². The summed E-state index contributed by atoms with van der Waals surface area (Å²) >= 11 is 4.37. The average molecular weight is 413 g/mol. The lowest BCUT2D eigenvalue weighted by atomic mass is 10.3. The normalized spacial score (nSPS) is 12.1. The molecule has 0 unspecified atom stereocenters. The van der Waals surface area contributed by atoms with Crippen LogP contribution in [0.2, 0.25) is 0 Å². The van der Waals surface area contributed by atoms with Crippen LogP contribution in [0.4, 0.5) is 8.78 Å². The number of sulfonamides is 1. The van der Waals surface area contributed by atoms with Crippen LogP contribution < -0.4 is 5.14 Å². The Morgan fingerprint density at radius 1 is 1.53 bits per heavy atom. The summed E-state index contributed by atoms with van der Waals surface area (Å²) in [6.45, 7) is 0. The lowest BCUT2D eigenvalue weighted by Crippen LogP contribution is -2.15. The van der Waals surface area contributed by atoms with Gasteiger partial charge in [0.05, 0.1) is 5.56 Å². The first-order valence-electron chi connectivity index (χ1n) is 3.40. The number of nitrogens with two attached hydrogens (primary N) is 1. The molecule has 0 amide bonds. The van der Waals surface area contributed by atoms with Crippen molar-refractivity contribution in [2.45, 2.75) is 11.5 Å². The molecule has 4 nitrogen and oxygen atoms in total. The second kappa shape index (κ2) is 4.55. The fourth-order valence-corrected chi connectivity index (χ4v) is 3.38. The van der Waals surface area contributed by atoms with Gasteiger partial charge in [-0.3, -0.25) is 0 Å². The van der Waals surface area contributed by atoms with Crippen molar-refractivity contribution in [3.8, 4) is 0 Å². The van der Waals surface area contributed by atoms with Crippen LogP contribution in [0, 0.1) is 3.57 Å². The average Bonchev–Trinajstić information content (AvgIpc) is 1.99. The molecule has 0 aromatic carbocycles. The Kier molecular flexibility index (Phi) is 4.01. The maximum Gasteiger partial charge on any atom is 0.267 e. The standard InChI is InChI=1S/C6H4BrF2IN2O2S/c7-5-4(6(8)9)2(10)1-3(12-5)15(11,13)14/h1,6H,(H2,11,13,14). The van der Waals surface area contributed by atoms with Gasteiger partial charge in [-0.15, -0.1) is 0 Å². The van der Waals surface area contributed by atoms with Crippen molar-refractivity contribution in [2.24, 2.45) is 5.14 Å². The summed E-state index contributed by atoms with van der Waals surface area (Å²) in [5.41, 5.74) is -0.344. The molecule has 15 heavy (non-hydrogen) atoms. The van der Waals surface area contributed by atoms with E-state index in [0.29, 0.717) is 0 Å². The number of pyridine rings is 1. The third-order valence-electron chi connectivity index (χ3n) is 1.45. The van der Waals surface area contributed by atoms with Crippen LogP contribution in [0.1, 0.15) is 12.0 Å². The summed E-state index contributed by atoms with van der Waals surface area (Å²) in [7, 11) is -3.98. The highest BCUT2D eigenvalue weighted by molar-refractivity contribution is 14.1. The van der Waals surface area contributed by atoms with E-state index in [0.717, 1.165) is 6.07 Å². The van der Waals surface area contributed by atoms with Gasteiger partial charge in [0, 0.05) is 3.57 Å². The van der Waals surface area contributed by atoms with Crippen LogP contribution >= 0.6 is 38.5 Å². The number of primary sulfonamides is 1. The molecular weight excluding hydrogens is 409 g/mol. The largest absolute Gasteiger partial charge is 0.267 e. The van der Waals surface area contributed by atoms with E-state index in [-0.39, 0.29) is 13.7 Å². The molecule has 2 N–H and O–H groups in total. The van der Waals surface area contributed by atoms with Crippen LogP contribution in [-0.2, 0) is 10.0 Å². The molecule has 0 fully saturated rings. The van der Waals surface area contributed by atoms with E-state index in [1.807, 2.05) is 0 Å². The molecule has 0 aliphatic heterocycles. The fourth-order valence-electron chi connectivity index (χ4n) is 0.814. The van der Waals surface area contributed by atoms with Crippen molar-refractivity contribution in [1.82, 2.24) is 4.98 Å². The van der Waals surface area contributed by atoms with E-state index < -0.39 is 21.5 Å². The monoisotopic (exact) mass is 412 g/mol. The Balaban J connectivity index is 3.45. The number of rotatable bonds is 2. The van der Waals surface area contributed by atoms with E-state index >= 15 is 0 Å². The van der Waals surface area contributed by atoms with E-state index in [4.69, 9.17) is 5.14 Å². The quantitative estimate of drug-likeness (QED) is 0.596. The zero-order valence-electron chi connectivity index (χ0n) is 6.92. The Bertz CT molecular complexity index is 471. The fraction of sp³-hybridized carbons (Fsp3) is 0.167. The van der Waals surface area contributed by atoms with Crippen molar-refractivity contribution in [3.05, 3.63) is 19.8 Å². The first-order chi connectivity index (χ1) is 6.73. The highest BCUT2D eigenvalue weighted by atomic mass is 127. The van der Waals surface area contributed by atoms with Gasteiger partial charge in [0.2, 0.25) is 0 Å². The van der Waals surface area contributed by atoms with Gasteiger partial charge in [0.15, 0.2) is 5.03 Å². The smallest absolute Gasteiger partial charge is 0.227 e. The first-order valence-corrected chi connectivity index (χ1v) is 6.82. The number of halogens is 4. The Morgan fingerprint density at radius 3 is 2.40 bits per heavy atom. The van der Waals surface area contributed by atoms with Crippen molar-refractivity contribution < 1.29 is 17.2 Å². The molecule has 1 aromatic rings. The lowest BCUT2D eigenvalue weighted by molar-refractivity contribution is 0.149. The summed E-state index contributed by atoms with van der Waals surface area (Å²) in [4.78, 5) is 3.45. The topological polar surface area (TPSA) is 73.1 Å². The summed E-state index contributed by atoms with van der Waals surface area (Å²) in [6.07, 6.45) is -2.73. The van der Waals surface area contributed by atoms with Crippen LogP contribution in [0.15, 0.2) is 15.7 Å². The molecule has 0 atom stereocenters. The number of hydrogen-bond donors (Lipinski definition) is 1. The minimum Gasteiger partial charge on any atom is -0.227 e. The minimum absolute atomic E-state index is 0.0912. The van der Waals surface area contributed by atoms with Gasteiger partial charge in [-0.05, 0) is 44.6 Å². The maximum absolute atomic E-state index is 12.5. The number of hydrogen-bond acceptors (Lipinski definition) is 3. The molecule has 84 valence electrons. The molecule has 0 spiro atoms. The molecule has 0 aliphatic carbocycles. The molecule has 0 saturated heterocycles. The third-order valence-corrected chi connectivity index (χ3v) is 3.74. The van der Waals surface area contributed by atoms with Gasteiger partial charge in [-0.25, -0.2) is 27.3 Å². The van der Waals surface area contributed by atoms with E-state index in [9.17, 15) is 17.2 Å². The molecule has 0 aliphatic rings. The summed E-state index contributed by atoms with van der Waals surface area (Å²) in [6, 6.07) is 1.00. The second-order valence-corrected chi connectivity index (χ2v) is 5.91. The number of alkyl halides is 2. The molecule has 1 rings (SSSR count). The van der Waals surface area contributed by atoms with Crippen molar-refractivity contribution in [1.29, 1.82) is 0 Å². The van der Waals surface area contributed by atoms with Gasteiger partial charge in [-0.1, -0.05) is 0 Å². The summed E-state index contributed by atoms with van der Waals surface area (Å²) in [5.74, 6) is 0. The van der Waals surface area contributed by atoms with Crippen molar-refractivity contribution in [3.63, 3.8) is 0 Å². The molecule has 1 heterocycles. The minimum atomic E-state index is -3.98. The van der Waals surface area contributed by atoms with Crippen LogP contribution in [0.5, 0.6) is 0 Å². The molecule has 0 bridgehead atoms. The Hall–Kier alpha value is 0.130. The zero-order valence-corrected chi connectivity index (χ0v) is 11.5. The number of nitrogens with zero attached hydrogens (tertiary/aromatic N) is 1. The highest BCUT2D eigenvalue weighted by Crippen LogP contribution is 2.31. The predicted octanol–water partition coefficient (Wildman–Crippen LogP) is 2.03. The van der Waals surface area contributed by atoms with Gasteiger partial charge < -0.3 is 0 Å². The van der Waals surface area contributed by atoms with Crippen LogP contribution in [0.25, 0.3) is 0 Å². The molecule has 0 radical (unpaired) electrons. The second-order valence-electron chi connectivity index (χ2n) is 2.49. The molecule has 1 aromatic heterocycles. The lowest BCUT2D eigenvalue weighted by Gasteiger charge is -2.07. The Morgan fingerprint density at radius 2 is 2.07 bits per heavy atom. The third kappa shape index (κ3) is 3.04. The summed E-state index contributed by atoms with van der Waals surface area (Å²) < 4.78 is 46.6. The maximum atomic E-state index is 12.5. The predicted molar refractivity (Wildman–Crippen MR) is 61.0 cm³/mol.